The van der Waals surface area contributed by atoms with E-state index in [0.717, 1.165) is 13.1 Å². The predicted molar refractivity (Wildman–Crippen MR) is 59.2 cm³/mol. The van der Waals surface area contributed by atoms with Crippen molar-refractivity contribution in [2.24, 2.45) is 0 Å². The Labute approximate surface area is 95.9 Å². The minimum Gasteiger partial charge on any atom is -0.193 e. The first-order valence-electron chi connectivity index (χ1n) is 2.85. The van der Waals surface area contributed by atoms with Crippen LogP contribution < -0.4 is 0 Å². The molecule has 0 aliphatic carbocycles. The highest BCUT2D eigenvalue weighted by Crippen LogP contribution is 2.37. The Morgan fingerprint density at radius 3 is 2.75 bits per heavy atom. The molecule has 0 aromatic carbocycles. The maximum absolute atomic E-state index is 8.36. The van der Waals surface area contributed by atoms with Crippen LogP contribution in [0.4, 0.5) is 0 Å². The topological polar surface area (TPSA) is 23.8 Å². The second-order valence-electron chi connectivity index (χ2n) is 1.86. The number of rotatable bonds is 1. The van der Waals surface area contributed by atoms with E-state index in [2.05, 4.69) is 31.9 Å². The average molecular weight is 327 g/mol. The Morgan fingerprint density at radius 2 is 2.33 bits per heavy atom. The van der Waals surface area contributed by atoms with E-state index in [0.29, 0.717) is 5.03 Å². The first kappa shape index (κ1) is 10.3. The summed E-state index contributed by atoms with van der Waals surface area (Å²) in [6.45, 7) is 0. The van der Waals surface area contributed by atoms with E-state index in [1.807, 2.05) is 12.1 Å². The van der Waals surface area contributed by atoms with Gasteiger partial charge in [-0.05, 0) is 37.9 Å². The highest BCUT2D eigenvalue weighted by molar-refractivity contribution is 9.12. The van der Waals surface area contributed by atoms with E-state index in [4.69, 9.17) is 16.9 Å². The molecule has 0 bridgehead atoms. The Bertz CT molecular complexity index is 364. The van der Waals surface area contributed by atoms with Gasteiger partial charge in [0.05, 0.1) is 18.7 Å². The van der Waals surface area contributed by atoms with Crippen LogP contribution in [0.1, 0.15) is 5.56 Å². The fourth-order valence-electron chi connectivity index (χ4n) is 0.638. The Morgan fingerprint density at radius 1 is 1.67 bits per heavy atom. The maximum Gasteiger partial charge on any atom is 0.0927 e. The molecular formula is C7H2Br2ClNS. The number of nitrogens with zero attached hydrogens (tertiary/aromatic N) is 1. The van der Waals surface area contributed by atoms with Gasteiger partial charge in [0, 0.05) is 11.6 Å². The molecule has 1 heterocycles. The zero-order valence-corrected chi connectivity index (χ0v) is 10.4. The van der Waals surface area contributed by atoms with Gasteiger partial charge in [0.25, 0.3) is 0 Å². The van der Waals surface area contributed by atoms with Gasteiger partial charge in [-0.25, -0.2) is 0 Å². The predicted octanol–water partition coefficient (Wildman–Crippen LogP) is 4.38. The van der Waals surface area contributed by atoms with Crippen LogP contribution in [-0.2, 0) is 0 Å². The van der Waals surface area contributed by atoms with Crippen molar-refractivity contribution >= 4 is 59.8 Å². The normalized spacial score (nSPS) is 11.3. The largest absolute Gasteiger partial charge is 0.193 e. The molecule has 0 amide bonds. The lowest BCUT2D eigenvalue weighted by atomic mass is 10.3. The van der Waals surface area contributed by atoms with Gasteiger partial charge >= 0.3 is 0 Å². The van der Waals surface area contributed by atoms with Gasteiger partial charge in [-0.3, -0.25) is 0 Å². The summed E-state index contributed by atoms with van der Waals surface area (Å²) in [5, 5.41) is 8.81. The molecule has 1 rings (SSSR count). The SMILES string of the molecule is N#C/C=C(/Cl)c1cc(Br)sc1Br. The molecule has 0 aliphatic rings. The summed E-state index contributed by atoms with van der Waals surface area (Å²) in [5.41, 5.74) is 0.843. The van der Waals surface area contributed by atoms with Gasteiger partial charge < -0.3 is 0 Å². The number of nitriles is 1. The molecule has 1 nitrogen and oxygen atoms in total. The van der Waals surface area contributed by atoms with Gasteiger partial charge in [-0.1, -0.05) is 11.6 Å². The van der Waals surface area contributed by atoms with Crippen LogP contribution in [0, 0.1) is 11.3 Å². The van der Waals surface area contributed by atoms with E-state index < -0.39 is 0 Å². The molecule has 62 valence electrons. The molecule has 1 aromatic heterocycles. The molecule has 0 aliphatic heterocycles. The summed E-state index contributed by atoms with van der Waals surface area (Å²) in [6, 6.07) is 3.74. The summed E-state index contributed by atoms with van der Waals surface area (Å²) in [6.07, 6.45) is 1.31. The molecular weight excluding hydrogens is 325 g/mol. The Balaban J connectivity index is 3.12. The summed E-state index contributed by atoms with van der Waals surface area (Å²) < 4.78 is 1.90. The van der Waals surface area contributed by atoms with E-state index in [1.165, 1.54) is 17.4 Å². The zero-order chi connectivity index (χ0) is 9.14. The van der Waals surface area contributed by atoms with Crippen molar-refractivity contribution in [1.82, 2.24) is 0 Å². The number of hydrogen-bond donors (Lipinski definition) is 0. The highest BCUT2D eigenvalue weighted by atomic mass is 79.9. The lowest BCUT2D eigenvalue weighted by Crippen LogP contribution is -1.70. The van der Waals surface area contributed by atoms with Crippen LogP contribution in [-0.4, -0.2) is 0 Å². The van der Waals surface area contributed by atoms with Crippen molar-refractivity contribution in [2.45, 2.75) is 0 Å². The quantitative estimate of drug-likeness (QED) is 0.702. The van der Waals surface area contributed by atoms with Crippen molar-refractivity contribution in [3.63, 3.8) is 0 Å². The third-order valence-corrected chi connectivity index (χ3v) is 3.76. The van der Waals surface area contributed by atoms with Crippen LogP contribution in [0.25, 0.3) is 5.03 Å². The molecule has 0 atom stereocenters. The molecule has 0 N–H and O–H groups in total. The summed E-state index contributed by atoms with van der Waals surface area (Å²) >= 11 is 14.0. The summed E-state index contributed by atoms with van der Waals surface area (Å²) in [7, 11) is 0. The van der Waals surface area contributed by atoms with Crippen molar-refractivity contribution < 1.29 is 0 Å². The second kappa shape index (κ2) is 4.43. The van der Waals surface area contributed by atoms with E-state index in [9.17, 15) is 0 Å². The highest BCUT2D eigenvalue weighted by Gasteiger charge is 2.07. The van der Waals surface area contributed by atoms with Gasteiger partial charge in [0.1, 0.15) is 0 Å². The van der Waals surface area contributed by atoms with Gasteiger partial charge in [-0.2, -0.15) is 5.26 Å². The smallest absolute Gasteiger partial charge is 0.0927 e. The third kappa shape index (κ3) is 2.33. The third-order valence-electron chi connectivity index (χ3n) is 1.11. The summed E-state index contributed by atoms with van der Waals surface area (Å²) in [4.78, 5) is 0. The molecule has 0 unspecified atom stereocenters. The van der Waals surface area contributed by atoms with Crippen LogP contribution >= 0.6 is 54.8 Å². The van der Waals surface area contributed by atoms with Crippen LogP contribution in [0.3, 0.4) is 0 Å². The monoisotopic (exact) mass is 325 g/mol. The molecule has 0 radical (unpaired) electrons. The van der Waals surface area contributed by atoms with Gasteiger partial charge in [0.2, 0.25) is 0 Å². The first-order chi connectivity index (χ1) is 5.65. The van der Waals surface area contributed by atoms with Crippen LogP contribution in [0.5, 0.6) is 0 Å². The minimum atomic E-state index is 0.450. The Kier molecular flexibility index (Phi) is 3.78. The van der Waals surface area contributed by atoms with Gasteiger partial charge in [-0.15, -0.1) is 11.3 Å². The van der Waals surface area contributed by atoms with Crippen molar-refractivity contribution in [3.05, 3.63) is 25.3 Å². The molecule has 0 spiro atoms. The zero-order valence-electron chi connectivity index (χ0n) is 5.64. The molecule has 5 heteroatoms. The van der Waals surface area contributed by atoms with Crippen molar-refractivity contribution in [2.75, 3.05) is 0 Å². The lowest BCUT2D eigenvalue weighted by molar-refractivity contribution is 1.53. The van der Waals surface area contributed by atoms with Gasteiger partial charge in [0.15, 0.2) is 0 Å². The number of allylic oxidation sites excluding steroid dienone is 1. The molecule has 0 saturated carbocycles. The molecule has 1 aromatic rings. The first-order valence-corrected chi connectivity index (χ1v) is 5.63. The van der Waals surface area contributed by atoms with Crippen molar-refractivity contribution in [3.8, 4) is 6.07 Å². The maximum atomic E-state index is 8.36. The van der Waals surface area contributed by atoms with Crippen LogP contribution in [0.2, 0.25) is 0 Å². The second-order valence-corrected chi connectivity index (χ2v) is 6.02. The number of hydrogen-bond acceptors (Lipinski definition) is 2. The fourth-order valence-corrected chi connectivity index (χ4v) is 3.85. The fraction of sp³-hybridized carbons (Fsp3) is 0. The minimum absolute atomic E-state index is 0.450. The van der Waals surface area contributed by atoms with E-state index in [1.54, 1.807) is 0 Å². The lowest BCUT2D eigenvalue weighted by Gasteiger charge is -1.91. The number of halogens is 3. The van der Waals surface area contributed by atoms with E-state index >= 15 is 0 Å². The standard InChI is InChI=1S/C7H2Br2ClNS/c8-6-3-4(7(9)12-6)5(10)1-2-11/h1,3H/b5-1+. The van der Waals surface area contributed by atoms with Crippen LogP contribution in [0.15, 0.2) is 19.7 Å². The molecule has 0 saturated heterocycles. The van der Waals surface area contributed by atoms with Crippen molar-refractivity contribution in [1.29, 1.82) is 5.26 Å². The summed E-state index contributed by atoms with van der Waals surface area (Å²) in [5.74, 6) is 0. The average Bonchev–Trinajstić information content (AvgIpc) is 2.30. The molecule has 12 heavy (non-hydrogen) atoms. The Hall–Kier alpha value is 0.180. The number of thiophene rings is 1. The van der Waals surface area contributed by atoms with E-state index in [-0.39, 0.29) is 0 Å². The molecule has 0 fully saturated rings.